The molecule has 4 heteroatoms. The molecule has 0 heterocycles. The van der Waals surface area contributed by atoms with E-state index in [0.29, 0.717) is 13.0 Å². The standard InChI is InChI=1S/C15H18N2O.ClH/c1-2-14(16)15(18)17-10-12-8-5-7-11-6-3-4-9-13(11)12;/h3-9,14H,2,10,16H2,1H3,(H,17,18);1H/t14-;/m0./s1. The maximum Gasteiger partial charge on any atom is 0.237 e. The van der Waals surface area contributed by atoms with E-state index < -0.39 is 6.04 Å². The van der Waals surface area contributed by atoms with Gasteiger partial charge < -0.3 is 11.1 Å². The van der Waals surface area contributed by atoms with Crippen LogP contribution >= 0.6 is 12.4 Å². The van der Waals surface area contributed by atoms with Gasteiger partial charge in [-0.05, 0) is 22.8 Å². The van der Waals surface area contributed by atoms with Crippen molar-refractivity contribution >= 4 is 29.1 Å². The largest absolute Gasteiger partial charge is 0.351 e. The zero-order valence-electron chi connectivity index (χ0n) is 10.9. The molecule has 0 spiro atoms. The number of halogens is 1. The second-order valence-electron chi connectivity index (χ2n) is 4.37. The Balaban J connectivity index is 0.00000180. The Labute approximate surface area is 119 Å². The lowest BCUT2D eigenvalue weighted by molar-refractivity contribution is -0.122. The van der Waals surface area contributed by atoms with Crippen molar-refractivity contribution in [2.75, 3.05) is 0 Å². The van der Waals surface area contributed by atoms with Crippen LogP contribution in [0.2, 0.25) is 0 Å². The summed E-state index contributed by atoms with van der Waals surface area (Å²) in [5.41, 5.74) is 6.80. The van der Waals surface area contributed by atoms with E-state index in [9.17, 15) is 4.79 Å². The number of fused-ring (bicyclic) bond motifs is 1. The van der Waals surface area contributed by atoms with E-state index >= 15 is 0 Å². The molecule has 3 nitrogen and oxygen atoms in total. The average molecular weight is 279 g/mol. The fraction of sp³-hybridized carbons (Fsp3) is 0.267. The highest BCUT2D eigenvalue weighted by atomic mass is 35.5. The third kappa shape index (κ3) is 3.69. The van der Waals surface area contributed by atoms with Crippen LogP contribution in [-0.2, 0) is 11.3 Å². The highest BCUT2D eigenvalue weighted by molar-refractivity contribution is 5.86. The quantitative estimate of drug-likeness (QED) is 0.903. The minimum Gasteiger partial charge on any atom is -0.351 e. The smallest absolute Gasteiger partial charge is 0.237 e. The van der Waals surface area contributed by atoms with Gasteiger partial charge in [-0.2, -0.15) is 0 Å². The molecule has 1 atom stereocenters. The zero-order valence-corrected chi connectivity index (χ0v) is 11.7. The molecule has 0 unspecified atom stereocenters. The van der Waals surface area contributed by atoms with E-state index in [1.807, 2.05) is 31.2 Å². The number of carbonyl (C=O) groups excluding carboxylic acids is 1. The molecule has 102 valence electrons. The van der Waals surface area contributed by atoms with Crippen molar-refractivity contribution in [1.29, 1.82) is 0 Å². The third-order valence-electron chi connectivity index (χ3n) is 3.11. The van der Waals surface area contributed by atoms with Crippen LogP contribution < -0.4 is 11.1 Å². The highest BCUT2D eigenvalue weighted by Gasteiger charge is 2.10. The van der Waals surface area contributed by atoms with Crippen molar-refractivity contribution in [2.24, 2.45) is 5.73 Å². The van der Waals surface area contributed by atoms with Gasteiger partial charge in [-0.1, -0.05) is 49.4 Å². The van der Waals surface area contributed by atoms with Crippen LogP contribution in [0.5, 0.6) is 0 Å². The van der Waals surface area contributed by atoms with Gasteiger partial charge in [-0.25, -0.2) is 0 Å². The maximum atomic E-state index is 11.6. The molecule has 19 heavy (non-hydrogen) atoms. The molecule has 3 N–H and O–H groups in total. The van der Waals surface area contributed by atoms with Gasteiger partial charge in [0.25, 0.3) is 0 Å². The minimum atomic E-state index is -0.417. The Bertz CT molecular complexity index is 551. The SMILES string of the molecule is CC[C@H](N)C(=O)NCc1cccc2ccccc12.Cl. The maximum absolute atomic E-state index is 11.6. The lowest BCUT2D eigenvalue weighted by atomic mass is 10.0. The number of hydrogen-bond acceptors (Lipinski definition) is 2. The van der Waals surface area contributed by atoms with Gasteiger partial charge in [0, 0.05) is 6.54 Å². The fourth-order valence-electron chi connectivity index (χ4n) is 1.95. The Kier molecular flexibility index (Phi) is 5.80. The monoisotopic (exact) mass is 278 g/mol. The molecule has 0 bridgehead atoms. The van der Waals surface area contributed by atoms with Crippen molar-refractivity contribution in [2.45, 2.75) is 25.9 Å². The molecule has 2 aromatic rings. The summed E-state index contributed by atoms with van der Waals surface area (Å²) in [5.74, 6) is -0.0922. The first-order valence-corrected chi connectivity index (χ1v) is 6.22. The van der Waals surface area contributed by atoms with Crippen LogP contribution in [0.1, 0.15) is 18.9 Å². The first-order valence-electron chi connectivity index (χ1n) is 6.22. The van der Waals surface area contributed by atoms with E-state index in [-0.39, 0.29) is 18.3 Å². The van der Waals surface area contributed by atoms with Crippen molar-refractivity contribution in [3.05, 3.63) is 48.0 Å². The average Bonchev–Trinajstić information content (AvgIpc) is 2.43. The summed E-state index contributed by atoms with van der Waals surface area (Å²) in [4.78, 5) is 11.6. The Hall–Kier alpha value is -1.58. The molecule has 0 aromatic heterocycles. The predicted molar refractivity (Wildman–Crippen MR) is 81.3 cm³/mol. The van der Waals surface area contributed by atoms with Gasteiger partial charge in [0.2, 0.25) is 5.91 Å². The van der Waals surface area contributed by atoms with Gasteiger partial charge in [0.15, 0.2) is 0 Å². The number of amides is 1. The Morgan fingerprint density at radius 1 is 1.21 bits per heavy atom. The molecule has 0 fully saturated rings. The molecule has 0 saturated carbocycles. The van der Waals surface area contributed by atoms with E-state index in [1.54, 1.807) is 0 Å². The summed E-state index contributed by atoms with van der Waals surface area (Å²) >= 11 is 0. The van der Waals surface area contributed by atoms with Crippen LogP contribution in [0.15, 0.2) is 42.5 Å². The number of carbonyl (C=O) groups is 1. The molecule has 0 aliphatic rings. The fourth-order valence-corrected chi connectivity index (χ4v) is 1.95. The second kappa shape index (κ2) is 7.12. The molecule has 0 saturated heterocycles. The molecular formula is C15H19ClN2O. The van der Waals surface area contributed by atoms with Crippen LogP contribution in [0, 0.1) is 0 Å². The first kappa shape index (κ1) is 15.5. The number of nitrogens with two attached hydrogens (primary N) is 1. The predicted octanol–water partition coefficient (Wildman–Crippen LogP) is 2.62. The number of nitrogens with one attached hydrogen (secondary N) is 1. The van der Waals surface area contributed by atoms with Gasteiger partial charge >= 0.3 is 0 Å². The molecule has 0 aliphatic carbocycles. The Morgan fingerprint density at radius 3 is 2.63 bits per heavy atom. The van der Waals surface area contributed by atoms with Crippen LogP contribution in [0.3, 0.4) is 0 Å². The van der Waals surface area contributed by atoms with Crippen LogP contribution in [0.25, 0.3) is 10.8 Å². The van der Waals surface area contributed by atoms with Crippen molar-refractivity contribution in [3.8, 4) is 0 Å². The molecule has 1 amide bonds. The molecule has 2 rings (SSSR count). The molecule has 0 aliphatic heterocycles. The van der Waals surface area contributed by atoms with Crippen molar-refractivity contribution in [3.63, 3.8) is 0 Å². The Morgan fingerprint density at radius 2 is 1.89 bits per heavy atom. The van der Waals surface area contributed by atoms with Gasteiger partial charge in [0.1, 0.15) is 0 Å². The van der Waals surface area contributed by atoms with Crippen LogP contribution in [-0.4, -0.2) is 11.9 Å². The summed E-state index contributed by atoms with van der Waals surface area (Å²) in [6.07, 6.45) is 0.654. The van der Waals surface area contributed by atoms with E-state index in [1.165, 1.54) is 10.8 Å². The van der Waals surface area contributed by atoms with Crippen molar-refractivity contribution in [1.82, 2.24) is 5.32 Å². The summed E-state index contributed by atoms with van der Waals surface area (Å²) in [6, 6.07) is 13.8. The van der Waals surface area contributed by atoms with E-state index in [0.717, 1.165) is 5.56 Å². The third-order valence-corrected chi connectivity index (χ3v) is 3.11. The first-order chi connectivity index (χ1) is 8.72. The summed E-state index contributed by atoms with van der Waals surface area (Å²) in [7, 11) is 0. The lowest BCUT2D eigenvalue weighted by Crippen LogP contribution is -2.39. The normalized spacial score (nSPS) is 11.7. The molecule has 2 aromatic carbocycles. The van der Waals surface area contributed by atoms with Gasteiger partial charge in [-0.15, -0.1) is 12.4 Å². The summed E-state index contributed by atoms with van der Waals surface area (Å²) in [6.45, 7) is 2.43. The molecule has 0 radical (unpaired) electrons. The lowest BCUT2D eigenvalue weighted by Gasteiger charge is -2.11. The zero-order chi connectivity index (χ0) is 13.0. The number of rotatable bonds is 4. The van der Waals surface area contributed by atoms with Crippen molar-refractivity contribution < 1.29 is 4.79 Å². The topological polar surface area (TPSA) is 55.1 Å². The molecular weight excluding hydrogens is 260 g/mol. The van der Waals surface area contributed by atoms with E-state index in [4.69, 9.17) is 5.73 Å². The highest BCUT2D eigenvalue weighted by Crippen LogP contribution is 2.18. The second-order valence-corrected chi connectivity index (χ2v) is 4.37. The summed E-state index contributed by atoms with van der Waals surface area (Å²) in [5, 5.41) is 5.23. The number of benzene rings is 2. The van der Waals surface area contributed by atoms with Gasteiger partial charge in [-0.3, -0.25) is 4.79 Å². The van der Waals surface area contributed by atoms with Crippen LogP contribution in [0.4, 0.5) is 0 Å². The van der Waals surface area contributed by atoms with E-state index in [2.05, 4.69) is 23.5 Å². The minimum absolute atomic E-state index is 0. The number of hydrogen-bond donors (Lipinski definition) is 2. The summed E-state index contributed by atoms with van der Waals surface area (Å²) < 4.78 is 0. The van der Waals surface area contributed by atoms with Gasteiger partial charge in [0.05, 0.1) is 6.04 Å².